The van der Waals surface area contributed by atoms with E-state index in [0.29, 0.717) is 6.54 Å². The van der Waals surface area contributed by atoms with Crippen LogP contribution in [0.25, 0.3) is 0 Å². The van der Waals surface area contributed by atoms with E-state index in [4.69, 9.17) is 15.2 Å². The number of hydrogen-bond acceptors (Lipinski definition) is 4. The molecule has 0 saturated carbocycles. The van der Waals surface area contributed by atoms with Gasteiger partial charge in [0.15, 0.2) is 0 Å². The topological polar surface area (TPSA) is 44.5 Å². The molecule has 17 heavy (non-hydrogen) atoms. The normalized spacial score (nSPS) is 10.5. The molecule has 2 N–H and O–H groups in total. The van der Waals surface area contributed by atoms with Crippen LogP contribution in [0.3, 0.4) is 0 Å². The Hall–Kier alpha value is -0.710. The van der Waals surface area contributed by atoms with Gasteiger partial charge in [-0.1, -0.05) is 12.1 Å². The summed E-state index contributed by atoms with van der Waals surface area (Å²) in [6.45, 7) is 2.24. The predicted molar refractivity (Wildman–Crippen MR) is 73.9 cm³/mol. The third-order valence-electron chi connectivity index (χ3n) is 2.28. The summed E-state index contributed by atoms with van der Waals surface area (Å²) in [5.74, 6) is 2.95. The van der Waals surface area contributed by atoms with Crippen molar-refractivity contribution in [1.29, 1.82) is 0 Å². The first kappa shape index (κ1) is 14.4. The van der Waals surface area contributed by atoms with Crippen molar-refractivity contribution >= 4 is 11.8 Å². The molecule has 4 heteroatoms. The van der Waals surface area contributed by atoms with E-state index in [2.05, 4.69) is 12.1 Å². The van der Waals surface area contributed by atoms with Gasteiger partial charge in [0.2, 0.25) is 0 Å². The molecule has 0 aliphatic heterocycles. The lowest BCUT2D eigenvalue weighted by molar-refractivity contribution is 0.218. The minimum absolute atomic E-state index is 0.691. The van der Waals surface area contributed by atoms with Crippen molar-refractivity contribution in [3.05, 3.63) is 29.8 Å². The Kier molecular flexibility index (Phi) is 7.88. The largest absolute Gasteiger partial charge is 0.493 e. The third-order valence-corrected chi connectivity index (χ3v) is 3.20. The maximum absolute atomic E-state index is 5.63. The molecular formula is C13H21NO2S. The fourth-order valence-corrected chi connectivity index (χ4v) is 2.07. The van der Waals surface area contributed by atoms with Gasteiger partial charge in [0.25, 0.3) is 0 Å². The van der Waals surface area contributed by atoms with Gasteiger partial charge < -0.3 is 15.2 Å². The molecule has 0 aliphatic rings. The zero-order valence-electron chi connectivity index (χ0n) is 10.4. The van der Waals surface area contributed by atoms with Gasteiger partial charge in [-0.25, -0.2) is 0 Å². The first-order valence-corrected chi connectivity index (χ1v) is 7.00. The van der Waals surface area contributed by atoms with E-state index in [9.17, 15) is 0 Å². The summed E-state index contributed by atoms with van der Waals surface area (Å²) >= 11 is 1.84. The molecule has 0 aliphatic carbocycles. The van der Waals surface area contributed by atoms with Crippen LogP contribution in [-0.4, -0.2) is 38.4 Å². The molecule has 0 bridgehead atoms. The van der Waals surface area contributed by atoms with Crippen molar-refractivity contribution in [2.24, 2.45) is 5.73 Å². The predicted octanol–water partition coefficient (Wildman–Crippen LogP) is 1.95. The van der Waals surface area contributed by atoms with Crippen LogP contribution >= 0.6 is 11.8 Å². The molecule has 1 aromatic rings. The molecule has 0 fully saturated rings. The summed E-state index contributed by atoms with van der Waals surface area (Å²) in [6.07, 6.45) is 0.924. The molecule has 3 nitrogen and oxygen atoms in total. The zero-order chi connectivity index (χ0) is 12.3. The second-order valence-corrected chi connectivity index (χ2v) is 4.86. The summed E-state index contributed by atoms with van der Waals surface area (Å²) < 4.78 is 10.6. The minimum Gasteiger partial charge on any atom is -0.493 e. The second kappa shape index (κ2) is 9.33. The van der Waals surface area contributed by atoms with Crippen LogP contribution in [-0.2, 0) is 11.2 Å². The molecule has 0 atom stereocenters. The van der Waals surface area contributed by atoms with Gasteiger partial charge in [-0.15, -0.1) is 0 Å². The van der Waals surface area contributed by atoms with Crippen molar-refractivity contribution in [2.45, 2.75) is 6.42 Å². The van der Waals surface area contributed by atoms with E-state index in [-0.39, 0.29) is 0 Å². The summed E-state index contributed by atoms with van der Waals surface area (Å²) in [5.41, 5.74) is 6.75. The third kappa shape index (κ3) is 6.56. The first-order chi connectivity index (χ1) is 8.36. The molecule has 0 unspecified atom stereocenters. The van der Waals surface area contributed by atoms with Crippen LogP contribution in [0.5, 0.6) is 5.75 Å². The summed E-state index contributed by atoms with van der Waals surface area (Å²) in [7, 11) is 1.72. The van der Waals surface area contributed by atoms with Gasteiger partial charge in [0.05, 0.1) is 13.2 Å². The highest BCUT2D eigenvalue weighted by molar-refractivity contribution is 7.99. The molecule has 1 aromatic carbocycles. The van der Waals surface area contributed by atoms with E-state index in [1.54, 1.807) is 7.11 Å². The van der Waals surface area contributed by atoms with Crippen LogP contribution in [0, 0.1) is 0 Å². The first-order valence-electron chi connectivity index (χ1n) is 5.85. The molecule has 0 spiro atoms. The van der Waals surface area contributed by atoms with E-state index in [1.807, 2.05) is 23.9 Å². The number of rotatable bonds is 9. The lowest BCUT2D eigenvalue weighted by Crippen LogP contribution is -2.04. The highest BCUT2D eigenvalue weighted by Gasteiger charge is 1.95. The molecular weight excluding hydrogens is 234 g/mol. The van der Waals surface area contributed by atoms with Crippen molar-refractivity contribution in [3.63, 3.8) is 0 Å². The average molecular weight is 255 g/mol. The SMILES string of the molecule is COCCSCCOc1ccc(CCN)cc1. The number of methoxy groups -OCH3 is 1. The quantitative estimate of drug-likeness (QED) is 0.685. The lowest BCUT2D eigenvalue weighted by Gasteiger charge is -2.06. The average Bonchev–Trinajstić information content (AvgIpc) is 2.36. The van der Waals surface area contributed by atoms with Crippen molar-refractivity contribution < 1.29 is 9.47 Å². The van der Waals surface area contributed by atoms with Crippen LogP contribution in [0.15, 0.2) is 24.3 Å². The van der Waals surface area contributed by atoms with Crippen LogP contribution < -0.4 is 10.5 Å². The smallest absolute Gasteiger partial charge is 0.119 e. The Morgan fingerprint density at radius 3 is 2.47 bits per heavy atom. The fraction of sp³-hybridized carbons (Fsp3) is 0.538. The second-order valence-electron chi connectivity index (χ2n) is 3.64. The van der Waals surface area contributed by atoms with Crippen molar-refractivity contribution in [1.82, 2.24) is 0 Å². The van der Waals surface area contributed by atoms with Crippen molar-refractivity contribution in [2.75, 3.05) is 38.4 Å². The fourth-order valence-electron chi connectivity index (χ4n) is 1.38. The van der Waals surface area contributed by atoms with Gasteiger partial charge in [0.1, 0.15) is 5.75 Å². The van der Waals surface area contributed by atoms with Gasteiger partial charge in [-0.05, 0) is 30.7 Å². The summed E-state index contributed by atoms with van der Waals surface area (Å²) in [4.78, 5) is 0. The monoisotopic (exact) mass is 255 g/mol. The maximum Gasteiger partial charge on any atom is 0.119 e. The molecule has 0 heterocycles. The van der Waals surface area contributed by atoms with Gasteiger partial charge >= 0.3 is 0 Å². The number of hydrogen-bond donors (Lipinski definition) is 1. The van der Waals surface area contributed by atoms with E-state index < -0.39 is 0 Å². The minimum atomic E-state index is 0.691. The molecule has 0 aromatic heterocycles. The standard InChI is InChI=1S/C13H21NO2S/c1-15-8-10-17-11-9-16-13-4-2-12(3-5-13)6-7-14/h2-5H,6-11,14H2,1H3. The zero-order valence-corrected chi connectivity index (χ0v) is 11.2. The summed E-state index contributed by atoms with van der Waals surface area (Å²) in [6, 6.07) is 8.15. The highest BCUT2D eigenvalue weighted by Crippen LogP contribution is 2.12. The lowest BCUT2D eigenvalue weighted by atomic mass is 10.1. The molecule has 1 rings (SSSR count). The van der Waals surface area contributed by atoms with Crippen molar-refractivity contribution in [3.8, 4) is 5.75 Å². The Balaban J connectivity index is 2.14. The Morgan fingerprint density at radius 2 is 1.82 bits per heavy atom. The summed E-state index contributed by atoms with van der Waals surface area (Å²) in [5, 5.41) is 0. The van der Waals surface area contributed by atoms with Gasteiger partial charge in [0, 0.05) is 18.6 Å². The maximum atomic E-state index is 5.63. The van der Waals surface area contributed by atoms with E-state index in [0.717, 1.165) is 36.9 Å². The molecule has 0 radical (unpaired) electrons. The molecule has 96 valence electrons. The molecule has 0 saturated heterocycles. The van der Waals surface area contributed by atoms with Gasteiger partial charge in [-0.3, -0.25) is 0 Å². The number of nitrogens with two attached hydrogens (primary N) is 1. The van der Waals surface area contributed by atoms with Gasteiger partial charge in [-0.2, -0.15) is 11.8 Å². The van der Waals surface area contributed by atoms with Crippen LogP contribution in [0.4, 0.5) is 0 Å². The Bertz CT molecular complexity index is 290. The number of ether oxygens (including phenoxy) is 2. The van der Waals surface area contributed by atoms with E-state index >= 15 is 0 Å². The Morgan fingerprint density at radius 1 is 1.12 bits per heavy atom. The highest BCUT2D eigenvalue weighted by atomic mass is 32.2. The van der Waals surface area contributed by atoms with Crippen LogP contribution in [0.1, 0.15) is 5.56 Å². The number of benzene rings is 1. The van der Waals surface area contributed by atoms with Crippen LogP contribution in [0.2, 0.25) is 0 Å². The van der Waals surface area contributed by atoms with E-state index in [1.165, 1.54) is 5.56 Å². The number of thioether (sulfide) groups is 1. The Labute approximate surface area is 108 Å². The molecule has 0 amide bonds.